The number of β-amino-alcohol motifs (C(OH)–C–C–N with tert-alkyl or cyclic N) is 1. The van der Waals surface area contributed by atoms with Crippen molar-refractivity contribution in [3.63, 3.8) is 0 Å². The maximum absolute atomic E-state index is 12.3. The number of nitrogens with one attached hydrogen (secondary N) is 1. The molecule has 0 radical (unpaired) electrons. The number of carbonyl (C=O) groups is 1. The molecule has 0 aliphatic carbocycles. The Morgan fingerprint density at radius 1 is 1.48 bits per heavy atom. The van der Waals surface area contributed by atoms with Gasteiger partial charge in [0, 0.05) is 25.2 Å². The van der Waals surface area contributed by atoms with Crippen LogP contribution in [-0.2, 0) is 11.2 Å². The first-order valence-electron chi connectivity index (χ1n) is 7.46. The summed E-state index contributed by atoms with van der Waals surface area (Å²) in [6.07, 6.45) is 1.83. The van der Waals surface area contributed by atoms with Crippen LogP contribution in [0.5, 0.6) is 0 Å². The van der Waals surface area contributed by atoms with E-state index in [1.165, 1.54) is 0 Å². The molecule has 118 valence electrons. The zero-order valence-corrected chi connectivity index (χ0v) is 13.4. The van der Waals surface area contributed by atoms with Crippen molar-refractivity contribution in [2.45, 2.75) is 38.7 Å². The van der Waals surface area contributed by atoms with Crippen LogP contribution in [0.25, 0.3) is 0 Å². The fraction of sp³-hybridized carbons (Fsp3) is 0.733. The van der Waals surface area contributed by atoms with Gasteiger partial charge in [0.2, 0.25) is 5.91 Å². The van der Waals surface area contributed by atoms with E-state index < -0.39 is 5.60 Å². The summed E-state index contributed by atoms with van der Waals surface area (Å²) in [5.41, 5.74) is 2.36. The van der Waals surface area contributed by atoms with Crippen molar-refractivity contribution < 1.29 is 9.90 Å². The number of likely N-dealkylation sites (N-methyl/N-ethyl adjacent to an activating group) is 1. The van der Waals surface area contributed by atoms with Gasteiger partial charge < -0.3 is 14.9 Å². The molecule has 1 fully saturated rings. The van der Waals surface area contributed by atoms with Crippen LogP contribution in [-0.4, -0.2) is 70.3 Å². The van der Waals surface area contributed by atoms with Crippen molar-refractivity contribution in [1.29, 1.82) is 0 Å². The van der Waals surface area contributed by atoms with Gasteiger partial charge in [0.05, 0.1) is 17.8 Å². The molecule has 0 bridgehead atoms. The van der Waals surface area contributed by atoms with Crippen LogP contribution in [0.3, 0.4) is 0 Å². The average Bonchev–Trinajstić information content (AvgIpc) is 2.91. The molecule has 0 unspecified atom stereocenters. The van der Waals surface area contributed by atoms with Crippen molar-refractivity contribution >= 4 is 5.91 Å². The second-order valence-electron chi connectivity index (χ2n) is 6.44. The lowest BCUT2D eigenvalue weighted by Gasteiger charge is -2.26. The summed E-state index contributed by atoms with van der Waals surface area (Å²) in [7, 11) is 3.87. The molecular weight excluding hydrogens is 268 g/mol. The number of aromatic amines is 1. The highest BCUT2D eigenvalue weighted by Gasteiger charge is 2.38. The van der Waals surface area contributed by atoms with Crippen molar-refractivity contribution in [1.82, 2.24) is 20.0 Å². The van der Waals surface area contributed by atoms with Gasteiger partial charge in [-0.1, -0.05) is 0 Å². The maximum Gasteiger partial charge on any atom is 0.223 e. The van der Waals surface area contributed by atoms with Crippen LogP contribution in [0.4, 0.5) is 0 Å². The number of nitrogens with zero attached hydrogens (tertiary/aromatic N) is 3. The van der Waals surface area contributed by atoms with Gasteiger partial charge in [0.15, 0.2) is 0 Å². The monoisotopic (exact) mass is 294 g/mol. The van der Waals surface area contributed by atoms with Crippen LogP contribution < -0.4 is 0 Å². The highest BCUT2D eigenvalue weighted by atomic mass is 16.3. The lowest BCUT2D eigenvalue weighted by molar-refractivity contribution is -0.131. The van der Waals surface area contributed by atoms with Gasteiger partial charge in [-0.15, -0.1) is 0 Å². The molecule has 21 heavy (non-hydrogen) atoms. The second-order valence-corrected chi connectivity index (χ2v) is 6.44. The number of aromatic nitrogens is 2. The predicted molar refractivity (Wildman–Crippen MR) is 81.1 cm³/mol. The molecule has 1 aliphatic heterocycles. The topological polar surface area (TPSA) is 72.5 Å². The number of H-pyrrole nitrogens is 1. The Balaban J connectivity index is 1.88. The van der Waals surface area contributed by atoms with Crippen molar-refractivity contribution in [2.24, 2.45) is 0 Å². The number of rotatable bonds is 5. The standard InChI is InChI=1S/C15H26N4O2/c1-11-13(12(2)17-16-11)5-6-14(20)19-8-7-15(21,10-19)9-18(3)4/h21H,5-10H2,1-4H3,(H,16,17)/t15-/m1/s1. The zero-order chi connectivity index (χ0) is 15.6. The second kappa shape index (κ2) is 6.15. The molecule has 6 nitrogen and oxygen atoms in total. The van der Waals surface area contributed by atoms with E-state index in [0.717, 1.165) is 17.0 Å². The Bertz CT molecular complexity index is 492. The minimum absolute atomic E-state index is 0.115. The van der Waals surface area contributed by atoms with E-state index in [1.54, 1.807) is 4.90 Å². The van der Waals surface area contributed by atoms with Gasteiger partial charge in [-0.3, -0.25) is 9.89 Å². The summed E-state index contributed by atoms with van der Waals surface area (Å²) in [5, 5.41) is 17.6. The summed E-state index contributed by atoms with van der Waals surface area (Å²) in [6, 6.07) is 0. The third-order valence-corrected chi connectivity index (χ3v) is 4.17. The molecule has 1 aromatic heterocycles. The molecule has 1 saturated heterocycles. The molecule has 0 aromatic carbocycles. The number of aliphatic hydroxyl groups is 1. The minimum Gasteiger partial charge on any atom is -0.387 e. The lowest BCUT2D eigenvalue weighted by atomic mass is 10.0. The van der Waals surface area contributed by atoms with Crippen LogP contribution in [0.15, 0.2) is 0 Å². The Morgan fingerprint density at radius 2 is 2.19 bits per heavy atom. The van der Waals surface area contributed by atoms with Gasteiger partial charge in [0.1, 0.15) is 0 Å². The molecule has 0 spiro atoms. The first kappa shape index (κ1) is 16.0. The van der Waals surface area contributed by atoms with Gasteiger partial charge in [-0.25, -0.2) is 0 Å². The normalized spacial score (nSPS) is 22.3. The lowest BCUT2D eigenvalue weighted by Crippen LogP contribution is -2.43. The molecule has 6 heteroatoms. The van der Waals surface area contributed by atoms with E-state index in [9.17, 15) is 9.90 Å². The Kier molecular flexibility index (Phi) is 4.68. The zero-order valence-electron chi connectivity index (χ0n) is 13.4. The Morgan fingerprint density at radius 3 is 2.76 bits per heavy atom. The predicted octanol–water partition coefficient (Wildman–Crippen LogP) is 0.484. The maximum atomic E-state index is 12.3. The van der Waals surface area contributed by atoms with E-state index in [-0.39, 0.29) is 5.91 Å². The van der Waals surface area contributed by atoms with Crippen molar-refractivity contribution in [3.05, 3.63) is 17.0 Å². The van der Waals surface area contributed by atoms with E-state index in [0.29, 0.717) is 38.9 Å². The largest absolute Gasteiger partial charge is 0.387 e. The summed E-state index contributed by atoms with van der Waals surface area (Å²) < 4.78 is 0. The first-order valence-corrected chi connectivity index (χ1v) is 7.46. The number of hydrogen-bond acceptors (Lipinski definition) is 4. The fourth-order valence-corrected chi connectivity index (χ4v) is 3.12. The molecule has 1 amide bonds. The van der Waals surface area contributed by atoms with Crippen molar-refractivity contribution in [2.75, 3.05) is 33.7 Å². The minimum atomic E-state index is -0.763. The van der Waals surface area contributed by atoms with Crippen molar-refractivity contribution in [3.8, 4) is 0 Å². The third-order valence-electron chi connectivity index (χ3n) is 4.17. The quantitative estimate of drug-likeness (QED) is 0.829. The molecule has 1 aliphatic rings. The number of carbonyl (C=O) groups excluding carboxylic acids is 1. The summed E-state index contributed by atoms with van der Waals surface area (Å²) in [4.78, 5) is 16.1. The molecule has 2 heterocycles. The fourth-order valence-electron chi connectivity index (χ4n) is 3.12. The van der Waals surface area contributed by atoms with Crippen LogP contribution in [0.2, 0.25) is 0 Å². The van der Waals surface area contributed by atoms with E-state index in [1.807, 2.05) is 32.8 Å². The highest BCUT2D eigenvalue weighted by Crippen LogP contribution is 2.23. The van der Waals surface area contributed by atoms with Crippen LogP contribution in [0.1, 0.15) is 29.8 Å². The molecule has 2 rings (SSSR count). The number of likely N-dealkylation sites (tertiary alicyclic amines) is 1. The molecule has 2 N–H and O–H groups in total. The highest BCUT2D eigenvalue weighted by molar-refractivity contribution is 5.77. The van der Waals surface area contributed by atoms with Gasteiger partial charge in [0.25, 0.3) is 0 Å². The summed E-state index contributed by atoms with van der Waals surface area (Å²) in [6.45, 7) is 5.61. The van der Waals surface area contributed by atoms with E-state index in [2.05, 4.69) is 10.2 Å². The molecule has 0 saturated carbocycles. The molecular formula is C15H26N4O2. The van der Waals surface area contributed by atoms with Crippen LogP contribution >= 0.6 is 0 Å². The summed E-state index contributed by atoms with van der Waals surface area (Å²) in [5.74, 6) is 0.115. The number of aryl methyl sites for hydroxylation is 2. The van der Waals surface area contributed by atoms with E-state index in [4.69, 9.17) is 0 Å². The summed E-state index contributed by atoms with van der Waals surface area (Å²) >= 11 is 0. The van der Waals surface area contributed by atoms with Gasteiger partial charge in [-0.2, -0.15) is 5.10 Å². The van der Waals surface area contributed by atoms with Gasteiger partial charge in [-0.05, 0) is 46.3 Å². The number of hydrogen-bond donors (Lipinski definition) is 2. The SMILES string of the molecule is Cc1n[nH]c(C)c1CCC(=O)N1CC[C@@](O)(CN(C)C)C1. The first-order chi connectivity index (χ1) is 9.81. The van der Waals surface area contributed by atoms with E-state index >= 15 is 0 Å². The molecule has 1 aromatic rings. The Hall–Kier alpha value is -1.40. The van der Waals surface area contributed by atoms with Crippen LogP contribution in [0, 0.1) is 13.8 Å². The Labute approximate surface area is 126 Å². The smallest absolute Gasteiger partial charge is 0.223 e. The average molecular weight is 294 g/mol. The number of amides is 1. The third kappa shape index (κ3) is 3.83. The molecule has 1 atom stereocenters. The van der Waals surface area contributed by atoms with Gasteiger partial charge >= 0.3 is 0 Å².